The number of likely N-dealkylation sites (tertiary alicyclic amines) is 1. The molecule has 7 heteroatoms. The van der Waals surface area contributed by atoms with Gasteiger partial charge in [0.05, 0.1) is 11.0 Å². The van der Waals surface area contributed by atoms with Crippen molar-refractivity contribution in [2.24, 2.45) is 11.7 Å². The number of benzene rings is 1. The molecule has 1 unspecified atom stereocenters. The molecule has 20 heavy (non-hydrogen) atoms. The van der Waals surface area contributed by atoms with Crippen molar-refractivity contribution < 1.29 is 14.1 Å². The highest BCUT2D eigenvalue weighted by molar-refractivity contribution is 5.98. The number of amides is 1. The minimum absolute atomic E-state index is 0.0749. The van der Waals surface area contributed by atoms with Crippen LogP contribution in [0.2, 0.25) is 0 Å². The molecule has 1 aliphatic rings. The number of carbonyl (C=O) groups excluding carboxylic acids is 1. The van der Waals surface area contributed by atoms with Crippen molar-refractivity contribution in [3.05, 3.63) is 39.7 Å². The normalized spacial score (nSPS) is 18.9. The Morgan fingerprint density at radius 1 is 1.55 bits per heavy atom. The second kappa shape index (κ2) is 5.96. The maximum atomic E-state index is 13.1. The maximum Gasteiger partial charge on any atom is 0.285 e. The van der Waals surface area contributed by atoms with E-state index in [1.807, 2.05) is 0 Å². The summed E-state index contributed by atoms with van der Waals surface area (Å²) < 4.78 is 13.1. The average Bonchev–Trinajstić information content (AvgIpc) is 2.46. The molecule has 1 aliphatic heterocycles. The predicted octanol–water partition coefficient (Wildman–Crippen LogP) is 1.54. The van der Waals surface area contributed by atoms with E-state index in [9.17, 15) is 19.3 Å². The molecule has 108 valence electrons. The third-order valence-electron chi connectivity index (χ3n) is 3.53. The molecule has 1 aromatic carbocycles. The number of nitro benzene ring substituents is 1. The van der Waals surface area contributed by atoms with E-state index in [1.165, 1.54) is 6.07 Å². The zero-order valence-corrected chi connectivity index (χ0v) is 10.9. The minimum Gasteiger partial charge on any atom is -0.338 e. The first-order valence-corrected chi connectivity index (χ1v) is 6.46. The molecule has 1 heterocycles. The summed E-state index contributed by atoms with van der Waals surface area (Å²) >= 11 is 0. The van der Waals surface area contributed by atoms with Crippen molar-refractivity contribution in [1.82, 2.24) is 4.90 Å². The fourth-order valence-electron chi connectivity index (χ4n) is 2.45. The van der Waals surface area contributed by atoms with E-state index >= 15 is 0 Å². The van der Waals surface area contributed by atoms with Gasteiger partial charge in [0.2, 0.25) is 0 Å². The molecule has 2 N–H and O–H groups in total. The van der Waals surface area contributed by atoms with E-state index in [4.69, 9.17) is 5.73 Å². The Morgan fingerprint density at radius 2 is 2.30 bits per heavy atom. The fraction of sp³-hybridized carbons (Fsp3) is 0.462. The van der Waals surface area contributed by atoms with Gasteiger partial charge in [-0.15, -0.1) is 0 Å². The van der Waals surface area contributed by atoms with Crippen LogP contribution in [0.1, 0.15) is 23.2 Å². The number of piperidine rings is 1. The molecule has 1 saturated heterocycles. The summed E-state index contributed by atoms with van der Waals surface area (Å²) in [7, 11) is 0. The third kappa shape index (κ3) is 2.93. The Hall–Kier alpha value is -2.02. The predicted molar refractivity (Wildman–Crippen MR) is 70.7 cm³/mol. The molecule has 1 amide bonds. The van der Waals surface area contributed by atoms with Crippen molar-refractivity contribution >= 4 is 11.6 Å². The van der Waals surface area contributed by atoms with Gasteiger partial charge in [-0.25, -0.2) is 4.39 Å². The van der Waals surface area contributed by atoms with Crippen LogP contribution < -0.4 is 5.73 Å². The molecule has 6 nitrogen and oxygen atoms in total. The van der Waals surface area contributed by atoms with Gasteiger partial charge in [-0.3, -0.25) is 14.9 Å². The number of halogens is 1. The second-order valence-electron chi connectivity index (χ2n) is 4.91. The van der Waals surface area contributed by atoms with Gasteiger partial charge >= 0.3 is 0 Å². The van der Waals surface area contributed by atoms with E-state index in [2.05, 4.69) is 0 Å². The highest BCUT2D eigenvalue weighted by atomic mass is 19.1. The van der Waals surface area contributed by atoms with Crippen LogP contribution in [-0.4, -0.2) is 35.4 Å². The number of nitrogens with zero attached hydrogens (tertiary/aromatic N) is 2. The molecule has 1 atom stereocenters. The topological polar surface area (TPSA) is 89.5 Å². The molecule has 0 bridgehead atoms. The lowest BCUT2D eigenvalue weighted by Crippen LogP contribution is -2.42. The SMILES string of the molecule is NCC1CCCN(C(=O)c2ccc(F)cc2[N+](=O)[O-])C1. The molecule has 0 spiro atoms. The summed E-state index contributed by atoms with van der Waals surface area (Å²) in [5, 5.41) is 10.9. The Balaban J connectivity index is 2.27. The molecule has 2 rings (SSSR count). The second-order valence-corrected chi connectivity index (χ2v) is 4.91. The van der Waals surface area contributed by atoms with Gasteiger partial charge in [-0.05, 0) is 37.4 Å². The maximum absolute atomic E-state index is 13.1. The quantitative estimate of drug-likeness (QED) is 0.672. The number of nitrogens with two attached hydrogens (primary N) is 1. The smallest absolute Gasteiger partial charge is 0.285 e. The minimum atomic E-state index is -0.735. The summed E-state index contributed by atoms with van der Waals surface area (Å²) in [6.07, 6.45) is 1.77. The van der Waals surface area contributed by atoms with Crippen LogP contribution in [-0.2, 0) is 0 Å². The van der Waals surface area contributed by atoms with E-state index < -0.39 is 22.3 Å². The van der Waals surface area contributed by atoms with E-state index in [0.29, 0.717) is 19.6 Å². The lowest BCUT2D eigenvalue weighted by atomic mass is 9.97. The molecule has 0 radical (unpaired) electrons. The summed E-state index contributed by atoms with van der Waals surface area (Å²) in [6.45, 7) is 1.52. The summed E-state index contributed by atoms with van der Waals surface area (Å²) in [5.74, 6) is -0.950. The zero-order valence-electron chi connectivity index (χ0n) is 10.9. The molecular weight excluding hydrogens is 265 g/mol. The van der Waals surface area contributed by atoms with Gasteiger partial charge in [0.25, 0.3) is 11.6 Å². The highest BCUT2D eigenvalue weighted by Crippen LogP contribution is 2.24. The van der Waals surface area contributed by atoms with Crippen LogP contribution in [0, 0.1) is 21.8 Å². The highest BCUT2D eigenvalue weighted by Gasteiger charge is 2.28. The molecule has 1 fully saturated rings. The van der Waals surface area contributed by atoms with Gasteiger partial charge in [0, 0.05) is 13.1 Å². The first-order chi connectivity index (χ1) is 9.52. The average molecular weight is 281 g/mol. The largest absolute Gasteiger partial charge is 0.338 e. The van der Waals surface area contributed by atoms with Gasteiger partial charge in [0.1, 0.15) is 11.4 Å². The van der Waals surface area contributed by atoms with E-state index in [0.717, 1.165) is 25.0 Å². The zero-order chi connectivity index (χ0) is 14.7. The van der Waals surface area contributed by atoms with Crippen molar-refractivity contribution in [2.45, 2.75) is 12.8 Å². The number of nitro groups is 1. The van der Waals surface area contributed by atoms with Crippen LogP contribution in [0.25, 0.3) is 0 Å². The number of carbonyl (C=O) groups is 1. The molecule has 0 aliphatic carbocycles. The van der Waals surface area contributed by atoms with Crippen molar-refractivity contribution in [3.63, 3.8) is 0 Å². The summed E-state index contributed by atoms with van der Waals surface area (Å²) in [6, 6.07) is 3.00. The Bertz CT molecular complexity index is 536. The summed E-state index contributed by atoms with van der Waals surface area (Å²) in [4.78, 5) is 24.1. The van der Waals surface area contributed by atoms with Crippen LogP contribution in [0.3, 0.4) is 0 Å². The first-order valence-electron chi connectivity index (χ1n) is 6.46. The standard InChI is InChI=1S/C13H16FN3O3/c14-10-3-4-11(12(6-10)17(19)20)13(18)16-5-1-2-9(7-15)8-16/h3-4,6,9H,1-2,5,7-8,15H2. The van der Waals surface area contributed by atoms with Crippen molar-refractivity contribution in [2.75, 3.05) is 19.6 Å². The molecule has 0 saturated carbocycles. The van der Waals surface area contributed by atoms with Gasteiger partial charge in [-0.2, -0.15) is 0 Å². The number of hydrogen-bond donors (Lipinski definition) is 1. The monoisotopic (exact) mass is 281 g/mol. The van der Waals surface area contributed by atoms with E-state index in [1.54, 1.807) is 4.90 Å². The van der Waals surface area contributed by atoms with Crippen molar-refractivity contribution in [3.8, 4) is 0 Å². The van der Waals surface area contributed by atoms with Crippen LogP contribution in [0.5, 0.6) is 0 Å². The van der Waals surface area contributed by atoms with Gasteiger partial charge in [-0.1, -0.05) is 0 Å². The van der Waals surface area contributed by atoms with Crippen LogP contribution in [0.4, 0.5) is 10.1 Å². The fourth-order valence-corrected chi connectivity index (χ4v) is 2.45. The molecule has 0 aromatic heterocycles. The van der Waals surface area contributed by atoms with Crippen LogP contribution in [0.15, 0.2) is 18.2 Å². The van der Waals surface area contributed by atoms with Gasteiger partial charge < -0.3 is 10.6 Å². The lowest BCUT2D eigenvalue weighted by Gasteiger charge is -2.32. The number of rotatable bonds is 3. The Kier molecular flexibility index (Phi) is 4.29. The Morgan fingerprint density at radius 3 is 2.95 bits per heavy atom. The van der Waals surface area contributed by atoms with Crippen molar-refractivity contribution in [1.29, 1.82) is 0 Å². The lowest BCUT2D eigenvalue weighted by molar-refractivity contribution is -0.385. The van der Waals surface area contributed by atoms with Crippen LogP contribution >= 0.6 is 0 Å². The summed E-state index contributed by atoms with van der Waals surface area (Å²) in [5.41, 5.74) is 5.04. The first kappa shape index (κ1) is 14.4. The third-order valence-corrected chi connectivity index (χ3v) is 3.53. The van der Waals surface area contributed by atoms with E-state index in [-0.39, 0.29) is 11.5 Å². The number of hydrogen-bond acceptors (Lipinski definition) is 4. The molecule has 1 aromatic rings. The molecular formula is C13H16FN3O3. The Labute approximate surface area is 115 Å². The van der Waals surface area contributed by atoms with Gasteiger partial charge in [0.15, 0.2) is 0 Å².